The lowest BCUT2D eigenvalue weighted by atomic mass is 9.90. The molecule has 5 rings (SSSR count). The van der Waals surface area contributed by atoms with Crippen LogP contribution in [0.15, 0.2) is 90.0 Å². The quantitative estimate of drug-likeness (QED) is 0.430. The third kappa shape index (κ3) is 5.72. The van der Waals surface area contributed by atoms with Gasteiger partial charge in [-0.05, 0) is 37.5 Å². The normalized spacial score (nSPS) is 17.5. The van der Waals surface area contributed by atoms with Crippen LogP contribution in [0.2, 0.25) is 0 Å². The highest BCUT2D eigenvalue weighted by Crippen LogP contribution is 2.42. The molecule has 7 nitrogen and oxygen atoms in total. The van der Waals surface area contributed by atoms with Crippen LogP contribution in [0.5, 0.6) is 0 Å². The van der Waals surface area contributed by atoms with E-state index in [1.165, 1.54) is 0 Å². The molecule has 2 unspecified atom stereocenters. The number of rotatable bonds is 7. The molecule has 2 N–H and O–H groups in total. The molecular weight excluding hydrogens is 482 g/mol. The number of aromatic nitrogens is 1. The zero-order valence-corrected chi connectivity index (χ0v) is 21.3. The number of hydrogen-bond acceptors (Lipinski definition) is 4. The lowest BCUT2D eigenvalue weighted by Crippen LogP contribution is -2.16. The molecule has 0 spiro atoms. The maximum atomic E-state index is 12.4. The molecule has 0 bridgehead atoms. The number of carbonyl (C=O) groups excluding carboxylic acids is 2. The van der Waals surface area contributed by atoms with Crippen LogP contribution in [-0.4, -0.2) is 38.3 Å². The van der Waals surface area contributed by atoms with Crippen LogP contribution >= 0.6 is 0 Å². The fourth-order valence-corrected chi connectivity index (χ4v) is 4.86. The van der Waals surface area contributed by atoms with Crippen molar-refractivity contribution in [3.63, 3.8) is 0 Å². The zero-order valence-electron chi connectivity index (χ0n) is 21.3. The minimum Gasteiger partial charge on any atom is -0.481 e. The molecule has 1 aromatic heterocycles. The molecule has 2 aliphatic carbocycles. The molecule has 2 aromatic carbocycles. The van der Waals surface area contributed by atoms with E-state index in [4.69, 9.17) is 10.2 Å². The maximum absolute atomic E-state index is 12.4. The fraction of sp³-hybridized carbons (Fsp3) is 0.226. The maximum Gasteiger partial charge on any atom is 0.309 e. The van der Waals surface area contributed by atoms with Crippen molar-refractivity contribution in [2.24, 2.45) is 18.9 Å². The molecule has 3 aromatic rings. The van der Waals surface area contributed by atoms with Crippen LogP contribution in [0.4, 0.5) is 0 Å². The minimum atomic E-state index is -0.907. The van der Waals surface area contributed by atoms with Gasteiger partial charge in [-0.25, -0.2) is 0 Å². The third-order valence-electron chi connectivity index (χ3n) is 7.00. The van der Waals surface area contributed by atoms with E-state index in [2.05, 4.69) is 0 Å². The van der Waals surface area contributed by atoms with Crippen LogP contribution in [0, 0.1) is 18.8 Å². The number of carboxylic acid groups (broad SMARTS) is 2. The van der Waals surface area contributed by atoms with Crippen molar-refractivity contribution in [1.82, 2.24) is 4.57 Å². The summed E-state index contributed by atoms with van der Waals surface area (Å²) in [5.41, 5.74) is 5.54. The highest BCUT2D eigenvalue weighted by Gasteiger charge is 2.36. The average Bonchev–Trinajstić information content (AvgIpc) is 3.59. The molecule has 7 heteroatoms. The van der Waals surface area contributed by atoms with Gasteiger partial charge in [0.15, 0.2) is 5.78 Å². The Morgan fingerprint density at radius 1 is 0.868 bits per heavy atom. The van der Waals surface area contributed by atoms with E-state index in [1.807, 2.05) is 49.4 Å². The first-order chi connectivity index (χ1) is 18.2. The van der Waals surface area contributed by atoms with E-state index in [0.29, 0.717) is 35.4 Å². The van der Waals surface area contributed by atoms with Gasteiger partial charge >= 0.3 is 11.9 Å². The van der Waals surface area contributed by atoms with Crippen molar-refractivity contribution in [2.45, 2.75) is 26.2 Å². The van der Waals surface area contributed by atoms with Crippen molar-refractivity contribution in [3.8, 4) is 0 Å². The summed E-state index contributed by atoms with van der Waals surface area (Å²) in [7, 11) is 1.71. The van der Waals surface area contributed by atoms with Crippen molar-refractivity contribution in [3.05, 3.63) is 118 Å². The number of nitrogens with zero attached hydrogens (tertiary/aromatic N) is 1. The molecule has 0 saturated carbocycles. The number of ketones is 2. The SMILES string of the molecule is Cc1ccc(C(=O)c2ccc(CC(=O)O)n2C)cc1.O=C(O)C1CC2=C(C1)C(C(=O)c1ccccc1)C=C2. The summed E-state index contributed by atoms with van der Waals surface area (Å²) in [5, 5.41) is 17.9. The summed E-state index contributed by atoms with van der Waals surface area (Å²) in [4.78, 5) is 46.5. The summed E-state index contributed by atoms with van der Waals surface area (Å²) in [6, 6.07) is 19.8. The standard InChI is InChI=1S/C16H14O3.C15H15NO3/c17-15(10-4-2-1-3-5-10)13-7-6-11-8-12(16(18)19)9-14(11)13;1-10-3-5-11(6-4-10)15(19)13-8-7-12(16(13)2)9-14(17)18/h1-7,12-13H,8-9H2,(H,18,19);3-8H,9H2,1-2H3,(H,17,18). The average molecular weight is 512 g/mol. The molecular formula is C31H29NO6. The van der Waals surface area contributed by atoms with Crippen molar-refractivity contribution >= 4 is 23.5 Å². The molecule has 2 aliphatic rings. The minimum absolute atomic E-state index is 0.0629. The number of aryl methyl sites for hydroxylation is 1. The Balaban J connectivity index is 0.000000177. The highest BCUT2D eigenvalue weighted by molar-refractivity contribution is 6.08. The predicted octanol–water partition coefficient (Wildman–Crippen LogP) is 5.04. The van der Waals surface area contributed by atoms with Gasteiger partial charge in [-0.15, -0.1) is 0 Å². The second-order valence-electron chi connectivity index (χ2n) is 9.60. The number of hydrogen-bond donors (Lipinski definition) is 2. The van der Waals surface area contributed by atoms with E-state index in [9.17, 15) is 19.2 Å². The zero-order chi connectivity index (χ0) is 27.4. The van der Waals surface area contributed by atoms with Crippen molar-refractivity contribution in [1.29, 1.82) is 0 Å². The molecule has 0 aliphatic heterocycles. The van der Waals surface area contributed by atoms with E-state index >= 15 is 0 Å². The fourth-order valence-electron chi connectivity index (χ4n) is 4.86. The Bertz CT molecular complexity index is 1440. The lowest BCUT2D eigenvalue weighted by Gasteiger charge is -2.12. The lowest BCUT2D eigenvalue weighted by molar-refractivity contribution is -0.141. The predicted molar refractivity (Wildman–Crippen MR) is 142 cm³/mol. The van der Waals surface area contributed by atoms with Crippen LogP contribution in [0.3, 0.4) is 0 Å². The first kappa shape index (κ1) is 26.5. The summed E-state index contributed by atoms with van der Waals surface area (Å²) < 4.78 is 1.64. The van der Waals surface area contributed by atoms with E-state index in [1.54, 1.807) is 48.0 Å². The number of aliphatic carboxylic acids is 2. The number of benzene rings is 2. The number of Topliss-reactive ketones (excluding diaryl/α,β-unsaturated/α-hetero) is 1. The van der Waals surface area contributed by atoms with Gasteiger partial charge in [0.1, 0.15) is 0 Å². The number of allylic oxidation sites excluding steroid dienone is 4. The third-order valence-corrected chi connectivity index (χ3v) is 7.00. The molecule has 0 amide bonds. The molecule has 0 fully saturated rings. The first-order valence-electron chi connectivity index (χ1n) is 12.4. The number of carboxylic acids is 2. The molecule has 2 atom stereocenters. The summed E-state index contributed by atoms with van der Waals surface area (Å²) >= 11 is 0. The van der Waals surface area contributed by atoms with Crippen LogP contribution in [-0.2, 0) is 23.1 Å². The van der Waals surface area contributed by atoms with Gasteiger partial charge < -0.3 is 14.8 Å². The van der Waals surface area contributed by atoms with Crippen LogP contribution in [0.25, 0.3) is 0 Å². The van der Waals surface area contributed by atoms with Gasteiger partial charge in [0.25, 0.3) is 0 Å². The Hall–Kier alpha value is -4.52. The molecule has 0 saturated heterocycles. The van der Waals surface area contributed by atoms with E-state index < -0.39 is 11.9 Å². The monoisotopic (exact) mass is 511 g/mol. The molecule has 194 valence electrons. The smallest absolute Gasteiger partial charge is 0.309 e. The van der Waals surface area contributed by atoms with Crippen LogP contribution in [0.1, 0.15) is 50.5 Å². The Kier molecular flexibility index (Phi) is 7.86. The largest absolute Gasteiger partial charge is 0.481 e. The molecule has 1 heterocycles. The van der Waals surface area contributed by atoms with Gasteiger partial charge in [-0.2, -0.15) is 0 Å². The second kappa shape index (κ2) is 11.3. The van der Waals surface area contributed by atoms with Gasteiger partial charge in [0, 0.05) is 23.9 Å². The van der Waals surface area contributed by atoms with Gasteiger partial charge in [-0.1, -0.05) is 77.9 Å². The van der Waals surface area contributed by atoms with Gasteiger partial charge in [0.05, 0.1) is 24.0 Å². The summed E-state index contributed by atoms with van der Waals surface area (Å²) in [6.07, 6.45) is 4.79. The Morgan fingerprint density at radius 3 is 2.18 bits per heavy atom. The molecule has 0 radical (unpaired) electrons. The van der Waals surface area contributed by atoms with Crippen molar-refractivity contribution in [2.75, 3.05) is 0 Å². The first-order valence-corrected chi connectivity index (χ1v) is 12.4. The second-order valence-corrected chi connectivity index (χ2v) is 9.60. The van der Waals surface area contributed by atoms with E-state index in [0.717, 1.165) is 16.7 Å². The molecule has 38 heavy (non-hydrogen) atoms. The number of carbonyl (C=O) groups is 4. The topological polar surface area (TPSA) is 114 Å². The highest BCUT2D eigenvalue weighted by atomic mass is 16.4. The Morgan fingerprint density at radius 2 is 1.55 bits per heavy atom. The van der Waals surface area contributed by atoms with E-state index in [-0.39, 0.29) is 29.8 Å². The van der Waals surface area contributed by atoms with Gasteiger partial charge in [-0.3, -0.25) is 19.2 Å². The van der Waals surface area contributed by atoms with Crippen LogP contribution < -0.4 is 0 Å². The van der Waals surface area contributed by atoms with Gasteiger partial charge in [0.2, 0.25) is 5.78 Å². The summed E-state index contributed by atoms with van der Waals surface area (Å²) in [5.74, 6) is -2.33. The summed E-state index contributed by atoms with van der Waals surface area (Å²) in [6.45, 7) is 1.96. The van der Waals surface area contributed by atoms with Crippen molar-refractivity contribution < 1.29 is 29.4 Å². The Labute approximate surface area is 220 Å².